The van der Waals surface area contributed by atoms with Gasteiger partial charge < -0.3 is 11.1 Å². The van der Waals surface area contributed by atoms with E-state index in [0.717, 1.165) is 6.07 Å². The van der Waals surface area contributed by atoms with Crippen LogP contribution >= 0.6 is 11.6 Å². The first-order chi connectivity index (χ1) is 13.7. The minimum Gasteiger partial charge on any atom is -0.368 e. The second-order valence-electron chi connectivity index (χ2n) is 6.39. The summed E-state index contributed by atoms with van der Waals surface area (Å²) in [4.78, 5) is 14.1. The van der Waals surface area contributed by atoms with Gasteiger partial charge >= 0.3 is 6.18 Å². The Balaban J connectivity index is 1.73. The van der Waals surface area contributed by atoms with Gasteiger partial charge in [0.2, 0.25) is 11.9 Å². The highest BCUT2D eigenvalue weighted by Gasteiger charge is 2.33. The Kier molecular flexibility index (Phi) is 6.19. The molecule has 0 unspecified atom stereocenters. The zero-order valence-corrected chi connectivity index (χ0v) is 16.2. The van der Waals surface area contributed by atoms with E-state index in [1.54, 1.807) is 42.3 Å². The lowest BCUT2D eigenvalue weighted by Gasteiger charge is -2.19. The van der Waals surface area contributed by atoms with Crippen molar-refractivity contribution in [3.63, 3.8) is 0 Å². The number of nitrogen functional groups attached to an aromatic ring is 1. The third kappa shape index (κ3) is 5.78. The molecular weight excluding hydrogens is 405 g/mol. The zero-order valence-electron chi connectivity index (χ0n) is 15.4. The lowest BCUT2D eigenvalue weighted by Crippen LogP contribution is -2.22. The molecule has 29 heavy (non-hydrogen) atoms. The highest BCUT2D eigenvalue weighted by Crippen LogP contribution is 2.32. The number of benzene rings is 2. The molecule has 1 aromatic heterocycles. The van der Waals surface area contributed by atoms with Gasteiger partial charge in [0.1, 0.15) is 5.82 Å². The molecule has 0 radical (unpaired) electrons. The van der Waals surface area contributed by atoms with E-state index in [9.17, 15) is 13.2 Å². The van der Waals surface area contributed by atoms with Crippen molar-refractivity contribution < 1.29 is 13.2 Å². The molecule has 0 saturated heterocycles. The Hall–Kier alpha value is -2.91. The van der Waals surface area contributed by atoms with Gasteiger partial charge in [-0.15, -0.1) is 0 Å². The molecule has 3 aromatic rings. The number of halogens is 4. The first kappa shape index (κ1) is 20.8. The Bertz CT molecular complexity index is 978. The van der Waals surface area contributed by atoms with Crippen molar-refractivity contribution >= 4 is 29.2 Å². The van der Waals surface area contributed by atoms with Crippen LogP contribution in [0.5, 0.6) is 0 Å². The lowest BCUT2D eigenvalue weighted by molar-refractivity contribution is -0.138. The van der Waals surface area contributed by atoms with E-state index in [4.69, 9.17) is 17.3 Å². The first-order valence-corrected chi connectivity index (χ1v) is 8.95. The number of aromatic nitrogens is 3. The second kappa shape index (κ2) is 8.62. The highest BCUT2D eigenvalue weighted by molar-refractivity contribution is 6.30. The van der Waals surface area contributed by atoms with Crippen LogP contribution in [0.4, 0.5) is 30.8 Å². The Labute approximate surface area is 170 Å². The van der Waals surface area contributed by atoms with Gasteiger partial charge in [-0.25, -0.2) is 0 Å². The Morgan fingerprint density at radius 1 is 1.00 bits per heavy atom. The van der Waals surface area contributed by atoms with Gasteiger partial charge in [-0.2, -0.15) is 28.1 Å². The van der Waals surface area contributed by atoms with E-state index in [-0.39, 0.29) is 30.5 Å². The standard InChI is InChI=1S/C19H18ClF3N6/c1-29(10-12-4-2-3-5-15(12)19(21,22)23)11-16-26-17(24)28-18(27-16)25-14-8-6-13(20)7-9-14/h2-9H,10-11H2,1H3,(H3,24,25,26,27,28). The first-order valence-electron chi connectivity index (χ1n) is 8.57. The van der Waals surface area contributed by atoms with Crippen LogP contribution in [0, 0.1) is 0 Å². The molecule has 3 rings (SSSR count). The van der Waals surface area contributed by atoms with E-state index in [1.807, 2.05) is 0 Å². The number of alkyl halides is 3. The van der Waals surface area contributed by atoms with Crippen LogP contribution in [0.1, 0.15) is 17.0 Å². The predicted molar refractivity (Wildman–Crippen MR) is 106 cm³/mol. The molecule has 2 aromatic carbocycles. The summed E-state index contributed by atoms with van der Waals surface area (Å²) in [5.41, 5.74) is 5.97. The third-order valence-electron chi connectivity index (χ3n) is 3.97. The molecule has 0 aliphatic heterocycles. The molecule has 0 aliphatic carbocycles. The smallest absolute Gasteiger partial charge is 0.368 e. The minimum absolute atomic E-state index is 0.00977. The number of anilines is 3. The maximum absolute atomic E-state index is 13.2. The van der Waals surface area contributed by atoms with Crippen molar-refractivity contribution in [2.75, 3.05) is 18.1 Å². The fourth-order valence-corrected chi connectivity index (χ4v) is 2.88. The van der Waals surface area contributed by atoms with Crippen LogP contribution in [0.3, 0.4) is 0 Å². The Morgan fingerprint density at radius 3 is 2.38 bits per heavy atom. The quantitative estimate of drug-likeness (QED) is 0.608. The van der Waals surface area contributed by atoms with Crippen LogP contribution in [-0.4, -0.2) is 26.9 Å². The van der Waals surface area contributed by atoms with Crippen LogP contribution in [0.25, 0.3) is 0 Å². The maximum Gasteiger partial charge on any atom is 0.416 e. The summed E-state index contributed by atoms with van der Waals surface area (Å²) >= 11 is 5.86. The number of nitrogens with two attached hydrogens (primary N) is 1. The van der Waals surface area contributed by atoms with Crippen molar-refractivity contribution in [2.45, 2.75) is 19.3 Å². The molecule has 0 fully saturated rings. The molecule has 0 bridgehead atoms. The summed E-state index contributed by atoms with van der Waals surface area (Å²) in [6.45, 7) is 0.259. The van der Waals surface area contributed by atoms with E-state index >= 15 is 0 Å². The number of nitrogens with zero attached hydrogens (tertiary/aromatic N) is 4. The largest absolute Gasteiger partial charge is 0.416 e. The van der Waals surface area contributed by atoms with Crippen LogP contribution in [0.2, 0.25) is 5.02 Å². The van der Waals surface area contributed by atoms with Gasteiger partial charge in [0.05, 0.1) is 12.1 Å². The SMILES string of the molecule is CN(Cc1nc(N)nc(Nc2ccc(Cl)cc2)n1)Cc1ccccc1C(F)(F)F. The molecule has 152 valence electrons. The van der Waals surface area contributed by atoms with Crippen molar-refractivity contribution in [3.8, 4) is 0 Å². The van der Waals surface area contributed by atoms with Crippen LogP contribution in [0.15, 0.2) is 48.5 Å². The molecule has 10 heteroatoms. The fourth-order valence-electron chi connectivity index (χ4n) is 2.75. The maximum atomic E-state index is 13.2. The van der Waals surface area contributed by atoms with Gasteiger partial charge in [-0.1, -0.05) is 29.8 Å². The van der Waals surface area contributed by atoms with Crippen molar-refractivity contribution in [2.24, 2.45) is 0 Å². The topological polar surface area (TPSA) is 80.0 Å². The van der Waals surface area contributed by atoms with Crippen molar-refractivity contribution in [3.05, 3.63) is 70.5 Å². The molecule has 0 spiro atoms. The van der Waals surface area contributed by atoms with Gasteiger partial charge in [-0.05, 0) is 42.9 Å². The van der Waals surface area contributed by atoms with Gasteiger partial charge in [-0.3, -0.25) is 4.90 Å². The zero-order chi connectivity index (χ0) is 21.0. The summed E-state index contributed by atoms with van der Waals surface area (Å²) in [6.07, 6.45) is -4.41. The summed E-state index contributed by atoms with van der Waals surface area (Å²) in [6, 6.07) is 12.4. The molecule has 0 amide bonds. The molecule has 0 atom stereocenters. The van der Waals surface area contributed by atoms with E-state index < -0.39 is 11.7 Å². The summed E-state index contributed by atoms with van der Waals surface area (Å²) < 4.78 is 39.5. The van der Waals surface area contributed by atoms with Gasteiger partial charge in [0.25, 0.3) is 0 Å². The van der Waals surface area contributed by atoms with Crippen molar-refractivity contribution in [1.82, 2.24) is 19.9 Å². The number of nitrogens with one attached hydrogen (secondary N) is 1. The number of hydrogen-bond donors (Lipinski definition) is 2. The minimum atomic E-state index is -4.41. The number of rotatable bonds is 6. The molecule has 0 aliphatic rings. The normalized spacial score (nSPS) is 11.7. The number of hydrogen-bond acceptors (Lipinski definition) is 6. The third-order valence-corrected chi connectivity index (χ3v) is 4.23. The Morgan fingerprint density at radius 2 is 1.69 bits per heavy atom. The van der Waals surface area contributed by atoms with E-state index in [0.29, 0.717) is 16.5 Å². The monoisotopic (exact) mass is 422 g/mol. The molecule has 0 saturated carbocycles. The highest BCUT2D eigenvalue weighted by atomic mass is 35.5. The van der Waals surface area contributed by atoms with Crippen LogP contribution in [-0.2, 0) is 19.3 Å². The predicted octanol–water partition coefficient (Wildman–Crippen LogP) is 4.50. The molecule has 1 heterocycles. The van der Waals surface area contributed by atoms with E-state index in [1.165, 1.54) is 12.1 Å². The fraction of sp³-hybridized carbons (Fsp3) is 0.211. The van der Waals surface area contributed by atoms with E-state index in [2.05, 4.69) is 20.3 Å². The molecule has 3 N–H and O–H groups in total. The lowest BCUT2D eigenvalue weighted by atomic mass is 10.1. The summed E-state index contributed by atoms with van der Waals surface area (Å²) in [5, 5.41) is 3.59. The summed E-state index contributed by atoms with van der Waals surface area (Å²) in [5.74, 6) is 0.579. The van der Waals surface area contributed by atoms with Gasteiger partial charge in [0.15, 0.2) is 0 Å². The average Bonchev–Trinajstić information content (AvgIpc) is 2.62. The molecular formula is C19H18ClF3N6. The average molecular weight is 423 g/mol. The van der Waals surface area contributed by atoms with Crippen LogP contribution < -0.4 is 11.1 Å². The van der Waals surface area contributed by atoms with Gasteiger partial charge in [0, 0.05) is 17.3 Å². The van der Waals surface area contributed by atoms with Crippen molar-refractivity contribution in [1.29, 1.82) is 0 Å². The second-order valence-corrected chi connectivity index (χ2v) is 6.83. The molecule has 6 nitrogen and oxygen atoms in total. The summed E-state index contributed by atoms with van der Waals surface area (Å²) in [7, 11) is 1.68.